The lowest BCUT2D eigenvalue weighted by atomic mass is 10.1. The van der Waals surface area contributed by atoms with Crippen LogP contribution in [0.2, 0.25) is 0 Å². The number of benzene rings is 3. The van der Waals surface area contributed by atoms with Gasteiger partial charge in [0.15, 0.2) is 11.5 Å². The molecule has 4 rings (SSSR count). The Morgan fingerprint density at radius 1 is 0.833 bits per heavy atom. The maximum absolute atomic E-state index is 6.43. The quantitative estimate of drug-likeness (QED) is 0.586. The first-order valence-electron chi connectivity index (χ1n) is 10.0. The highest BCUT2D eigenvalue weighted by molar-refractivity contribution is 5.55. The van der Waals surface area contributed by atoms with Gasteiger partial charge in [-0.15, -0.1) is 0 Å². The molecule has 5 nitrogen and oxygen atoms in total. The summed E-state index contributed by atoms with van der Waals surface area (Å²) in [6.45, 7) is 2.25. The average Bonchev–Trinajstić information content (AvgIpc) is 2.98. The summed E-state index contributed by atoms with van der Waals surface area (Å²) in [5, 5.41) is 0. The second-order valence-electron chi connectivity index (χ2n) is 7.29. The van der Waals surface area contributed by atoms with Crippen molar-refractivity contribution in [2.75, 3.05) is 27.9 Å². The van der Waals surface area contributed by atoms with Crippen molar-refractivity contribution >= 4 is 0 Å². The molecule has 0 saturated carbocycles. The molecule has 156 valence electrons. The van der Waals surface area contributed by atoms with Gasteiger partial charge in [0.2, 0.25) is 5.75 Å². The Bertz CT molecular complexity index is 990. The molecule has 1 unspecified atom stereocenters. The van der Waals surface area contributed by atoms with E-state index >= 15 is 0 Å². The van der Waals surface area contributed by atoms with Gasteiger partial charge >= 0.3 is 0 Å². The number of methoxy groups -OCH3 is 3. The van der Waals surface area contributed by atoms with E-state index in [1.165, 1.54) is 11.1 Å². The van der Waals surface area contributed by atoms with Crippen molar-refractivity contribution in [3.8, 4) is 23.0 Å². The summed E-state index contributed by atoms with van der Waals surface area (Å²) in [7, 11) is 4.92. The second kappa shape index (κ2) is 9.09. The Kier molecular flexibility index (Phi) is 6.10. The van der Waals surface area contributed by atoms with Crippen LogP contribution in [0.15, 0.2) is 66.7 Å². The van der Waals surface area contributed by atoms with E-state index in [-0.39, 0.29) is 6.10 Å². The topological polar surface area (TPSA) is 40.2 Å². The first kappa shape index (κ1) is 20.1. The van der Waals surface area contributed by atoms with E-state index in [0.29, 0.717) is 23.8 Å². The SMILES string of the molecule is COc1ccc(CN2Cc3ccccc3OC(c3ccccc3)C2)c(OC)c1OC. The van der Waals surface area contributed by atoms with E-state index in [0.717, 1.165) is 24.4 Å². The van der Waals surface area contributed by atoms with Crippen LogP contribution < -0.4 is 18.9 Å². The lowest BCUT2D eigenvalue weighted by Crippen LogP contribution is -2.28. The van der Waals surface area contributed by atoms with Gasteiger partial charge in [0.25, 0.3) is 0 Å². The maximum Gasteiger partial charge on any atom is 0.203 e. The Morgan fingerprint density at radius 3 is 2.30 bits per heavy atom. The Balaban J connectivity index is 1.68. The van der Waals surface area contributed by atoms with Crippen LogP contribution in [-0.4, -0.2) is 32.8 Å². The molecule has 1 aliphatic heterocycles. The van der Waals surface area contributed by atoms with Crippen LogP contribution in [0.4, 0.5) is 0 Å². The standard InChI is InChI=1S/C25H27NO4/c1-27-22-14-13-20(24(28-2)25(22)29-3)16-26-15-19-11-7-8-12-21(19)30-23(17-26)18-9-5-4-6-10-18/h4-14,23H,15-17H2,1-3H3. The molecule has 0 fully saturated rings. The predicted octanol–water partition coefficient (Wildman–Crippen LogP) is 4.85. The van der Waals surface area contributed by atoms with Crippen LogP contribution in [0.5, 0.6) is 23.0 Å². The molecule has 0 spiro atoms. The third-order valence-corrected chi connectivity index (χ3v) is 5.41. The van der Waals surface area contributed by atoms with E-state index < -0.39 is 0 Å². The van der Waals surface area contributed by atoms with Gasteiger partial charge in [0, 0.05) is 30.8 Å². The monoisotopic (exact) mass is 405 g/mol. The Labute approximate surface area is 177 Å². The minimum absolute atomic E-state index is 0.0546. The molecule has 1 aliphatic rings. The molecule has 0 radical (unpaired) electrons. The molecule has 0 bridgehead atoms. The number of hydrogen-bond acceptors (Lipinski definition) is 5. The van der Waals surface area contributed by atoms with Gasteiger partial charge < -0.3 is 18.9 Å². The molecule has 0 aromatic heterocycles. The van der Waals surface area contributed by atoms with Crippen molar-refractivity contribution in [2.24, 2.45) is 0 Å². The van der Waals surface area contributed by atoms with Gasteiger partial charge in [0.1, 0.15) is 11.9 Å². The number of para-hydroxylation sites is 1. The number of hydrogen-bond donors (Lipinski definition) is 0. The van der Waals surface area contributed by atoms with Gasteiger partial charge in [-0.1, -0.05) is 54.6 Å². The molecular formula is C25H27NO4. The molecule has 0 amide bonds. The number of nitrogens with zero attached hydrogens (tertiary/aromatic N) is 1. The van der Waals surface area contributed by atoms with Crippen LogP contribution in [0.3, 0.4) is 0 Å². The largest absolute Gasteiger partial charge is 0.493 e. The molecule has 3 aromatic rings. The summed E-state index contributed by atoms with van der Waals surface area (Å²) in [6.07, 6.45) is -0.0546. The number of fused-ring (bicyclic) bond motifs is 1. The molecule has 30 heavy (non-hydrogen) atoms. The highest BCUT2D eigenvalue weighted by atomic mass is 16.5. The molecule has 0 N–H and O–H groups in total. The van der Waals surface area contributed by atoms with Gasteiger partial charge in [-0.2, -0.15) is 0 Å². The van der Waals surface area contributed by atoms with Crippen LogP contribution in [0, 0.1) is 0 Å². The third-order valence-electron chi connectivity index (χ3n) is 5.41. The zero-order valence-electron chi connectivity index (χ0n) is 17.6. The van der Waals surface area contributed by atoms with Crippen molar-refractivity contribution < 1.29 is 18.9 Å². The van der Waals surface area contributed by atoms with E-state index in [4.69, 9.17) is 18.9 Å². The fourth-order valence-corrected chi connectivity index (χ4v) is 3.97. The molecule has 0 aliphatic carbocycles. The van der Waals surface area contributed by atoms with Gasteiger partial charge in [-0.25, -0.2) is 0 Å². The first-order valence-corrected chi connectivity index (χ1v) is 10.0. The van der Waals surface area contributed by atoms with Crippen LogP contribution in [0.25, 0.3) is 0 Å². The Hall–Kier alpha value is -3.18. The zero-order chi connectivity index (χ0) is 20.9. The highest BCUT2D eigenvalue weighted by Gasteiger charge is 2.26. The van der Waals surface area contributed by atoms with Crippen molar-refractivity contribution in [1.29, 1.82) is 0 Å². The summed E-state index contributed by atoms with van der Waals surface area (Å²) in [4.78, 5) is 2.38. The van der Waals surface area contributed by atoms with Crippen molar-refractivity contribution in [3.05, 3.63) is 83.4 Å². The second-order valence-corrected chi connectivity index (χ2v) is 7.29. The molecule has 1 atom stereocenters. The minimum atomic E-state index is -0.0546. The van der Waals surface area contributed by atoms with Gasteiger partial charge in [0.05, 0.1) is 21.3 Å². The molecular weight excluding hydrogens is 378 g/mol. The van der Waals surface area contributed by atoms with E-state index in [1.54, 1.807) is 21.3 Å². The lowest BCUT2D eigenvalue weighted by Gasteiger charge is -2.25. The van der Waals surface area contributed by atoms with Crippen molar-refractivity contribution in [3.63, 3.8) is 0 Å². The van der Waals surface area contributed by atoms with Crippen LogP contribution >= 0.6 is 0 Å². The summed E-state index contributed by atoms with van der Waals surface area (Å²) in [6, 6.07) is 22.6. The van der Waals surface area contributed by atoms with Crippen molar-refractivity contribution in [2.45, 2.75) is 19.2 Å². The lowest BCUT2D eigenvalue weighted by molar-refractivity contribution is 0.143. The fraction of sp³-hybridized carbons (Fsp3) is 0.280. The van der Waals surface area contributed by atoms with Crippen LogP contribution in [0.1, 0.15) is 22.8 Å². The van der Waals surface area contributed by atoms with Gasteiger partial charge in [-0.05, 0) is 17.7 Å². The van der Waals surface area contributed by atoms with E-state index in [9.17, 15) is 0 Å². The van der Waals surface area contributed by atoms with Crippen LogP contribution in [-0.2, 0) is 13.1 Å². The Morgan fingerprint density at radius 2 is 1.57 bits per heavy atom. The van der Waals surface area contributed by atoms with E-state index in [2.05, 4.69) is 41.3 Å². The molecule has 3 aromatic carbocycles. The van der Waals surface area contributed by atoms with Gasteiger partial charge in [-0.3, -0.25) is 4.90 Å². The van der Waals surface area contributed by atoms with Crippen molar-refractivity contribution in [1.82, 2.24) is 4.90 Å². The zero-order valence-corrected chi connectivity index (χ0v) is 17.6. The minimum Gasteiger partial charge on any atom is -0.493 e. The van der Waals surface area contributed by atoms with E-state index in [1.807, 2.05) is 30.3 Å². The molecule has 5 heteroatoms. The molecule has 1 heterocycles. The summed E-state index contributed by atoms with van der Waals surface area (Å²) >= 11 is 0. The summed E-state index contributed by atoms with van der Waals surface area (Å²) < 4.78 is 23.1. The normalized spacial score (nSPS) is 16.2. The fourth-order valence-electron chi connectivity index (χ4n) is 3.97. The summed E-state index contributed by atoms with van der Waals surface area (Å²) in [5.41, 5.74) is 3.38. The average molecular weight is 405 g/mol. The molecule has 0 saturated heterocycles. The third kappa shape index (κ3) is 4.07. The predicted molar refractivity (Wildman–Crippen MR) is 116 cm³/mol. The maximum atomic E-state index is 6.43. The highest BCUT2D eigenvalue weighted by Crippen LogP contribution is 2.41. The number of rotatable bonds is 6. The first-order chi connectivity index (χ1) is 14.7. The number of ether oxygens (including phenoxy) is 4. The smallest absolute Gasteiger partial charge is 0.203 e. The summed E-state index contributed by atoms with van der Waals surface area (Å²) in [5.74, 6) is 2.91.